The standard InChI is InChI=1S/C23H18FN3OS/c1-3-4-12-27-19-10-8-17(26-22-15(2)6-5-11-25-22)14-21(19)29-20-13-16(24)7-9-18(20)23(27)28/h5-11,13-14H,12H2,1-2H3,(H,25,26). The number of nitrogens with one attached hydrogen (secondary N) is 1. The summed E-state index contributed by atoms with van der Waals surface area (Å²) in [4.78, 5) is 20.6. The molecule has 2 aromatic carbocycles. The first kappa shape index (κ1) is 19.0. The van der Waals surface area contributed by atoms with Gasteiger partial charge in [0, 0.05) is 21.7 Å². The molecule has 1 N–H and O–H groups in total. The fraction of sp³-hybridized carbons (Fsp3) is 0.130. The zero-order chi connectivity index (χ0) is 20.4. The number of nitrogens with zero attached hydrogens (tertiary/aromatic N) is 2. The van der Waals surface area contributed by atoms with Gasteiger partial charge >= 0.3 is 0 Å². The molecule has 2 heterocycles. The van der Waals surface area contributed by atoms with Crippen LogP contribution in [-0.4, -0.2) is 17.4 Å². The lowest BCUT2D eigenvalue weighted by Gasteiger charge is -2.21. The highest BCUT2D eigenvalue weighted by atomic mass is 32.2. The summed E-state index contributed by atoms with van der Waals surface area (Å²) in [7, 11) is 0. The van der Waals surface area contributed by atoms with Crippen molar-refractivity contribution in [3.05, 3.63) is 71.7 Å². The molecule has 0 saturated carbocycles. The van der Waals surface area contributed by atoms with Gasteiger partial charge in [-0.05, 0) is 61.9 Å². The Morgan fingerprint density at radius 1 is 1.17 bits per heavy atom. The van der Waals surface area contributed by atoms with Crippen LogP contribution in [0, 0.1) is 24.6 Å². The van der Waals surface area contributed by atoms with Crippen LogP contribution in [0.2, 0.25) is 0 Å². The van der Waals surface area contributed by atoms with Gasteiger partial charge in [-0.3, -0.25) is 9.69 Å². The quantitative estimate of drug-likeness (QED) is 0.594. The monoisotopic (exact) mass is 403 g/mol. The van der Waals surface area contributed by atoms with Crippen molar-refractivity contribution in [1.82, 2.24) is 4.98 Å². The van der Waals surface area contributed by atoms with Crippen molar-refractivity contribution in [1.29, 1.82) is 0 Å². The Kier molecular flexibility index (Phi) is 5.24. The van der Waals surface area contributed by atoms with Crippen molar-refractivity contribution in [3.8, 4) is 11.8 Å². The minimum atomic E-state index is -0.370. The molecule has 4 nitrogen and oxygen atoms in total. The number of benzene rings is 2. The van der Waals surface area contributed by atoms with Gasteiger partial charge in [-0.1, -0.05) is 23.7 Å². The van der Waals surface area contributed by atoms with E-state index in [2.05, 4.69) is 22.1 Å². The van der Waals surface area contributed by atoms with Gasteiger partial charge in [0.2, 0.25) is 0 Å². The van der Waals surface area contributed by atoms with Gasteiger partial charge in [-0.15, -0.1) is 5.92 Å². The number of aryl methyl sites for hydroxylation is 1. The minimum absolute atomic E-state index is 0.185. The van der Waals surface area contributed by atoms with Crippen LogP contribution < -0.4 is 10.2 Å². The lowest BCUT2D eigenvalue weighted by atomic mass is 10.1. The lowest BCUT2D eigenvalue weighted by Crippen LogP contribution is -2.31. The first-order chi connectivity index (χ1) is 14.1. The molecule has 144 valence electrons. The number of hydrogen-bond acceptors (Lipinski definition) is 4. The molecule has 0 spiro atoms. The third kappa shape index (κ3) is 3.82. The minimum Gasteiger partial charge on any atom is -0.340 e. The highest BCUT2D eigenvalue weighted by Crippen LogP contribution is 2.43. The summed E-state index contributed by atoms with van der Waals surface area (Å²) in [5.41, 5.74) is 3.09. The summed E-state index contributed by atoms with van der Waals surface area (Å²) in [5, 5.41) is 3.32. The first-order valence-electron chi connectivity index (χ1n) is 9.08. The van der Waals surface area contributed by atoms with Crippen LogP contribution in [0.5, 0.6) is 0 Å². The SMILES string of the molecule is CC#CCN1C(=O)c2ccc(F)cc2Sc2cc(Nc3ncccc3C)ccc21. The molecule has 6 heteroatoms. The molecule has 1 aromatic heterocycles. The van der Waals surface area contributed by atoms with Crippen LogP contribution in [-0.2, 0) is 0 Å². The molecule has 0 saturated heterocycles. The maximum atomic E-state index is 13.9. The number of carbonyl (C=O) groups is 1. The van der Waals surface area contributed by atoms with Crippen molar-refractivity contribution in [2.24, 2.45) is 0 Å². The molecule has 0 bridgehead atoms. The molecule has 1 aliphatic rings. The normalized spacial score (nSPS) is 12.4. The van der Waals surface area contributed by atoms with Crippen LogP contribution in [0.1, 0.15) is 22.8 Å². The number of carbonyl (C=O) groups excluding carboxylic acids is 1. The van der Waals surface area contributed by atoms with Crippen LogP contribution in [0.3, 0.4) is 0 Å². The Morgan fingerprint density at radius 3 is 2.83 bits per heavy atom. The van der Waals surface area contributed by atoms with Gasteiger partial charge in [-0.2, -0.15) is 0 Å². The Balaban J connectivity index is 1.79. The van der Waals surface area contributed by atoms with Gasteiger partial charge in [0.1, 0.15) is 11.6 Å². The van der Waals surface area contributed by atoms with Crippen molar-refractivity contribution in [2.75, 3.05) is 16.8 Å². The molecule has 0 fully saturated rings. The number of fused-ring (bicyclic) bond motifs is 2. The summed E-state index contributed by atoms with van der Waals surface area (Å²) in [6.45, 7) is 3.99. The highest BCUT2D eigenvalue weighted by molar-refractivity contribution is 7.99. The predicted octanol–water partition coefficient (Wildman–Crippen LogP) is 5.41. The molecule has 0 atom stereocenters. The van der Waals surface area contributed by atoms with E-state index in [1.165, 1.54) is 30.0 Å². The molecule has 29 heavy (non-hydrogen) atoms. The first-order valence-corrected chi connectivity index (χ1v) is 9.90. The smallest absolute Gasteiger partial charge is 0.260 e. The Morgan fingerprint density at radius 2 is 2.03 bits per heavy atom. The van der Waals surface area contributed by atoms with Crippen molar-refractivity contribution in [2.45, 2.75) is 23.6 Å². The number of hydrogen-bond donors (Lipinski definition) is 1. The molecule has 3 aromatic rings. The predicted molar refractivity (Wildman–Crippen MR) is 114 cm³/mol. The summed E-state index contributed by atoms with van der Waals surface area (Å²) < 4.78 is 13.9. The molecular weight excluding hydrogens is 385 g/mol. The van der Waals surface area contributed by atoms with Crippen LogP contribution >= 0.6 is 11.8 Å². The fourth-order valence-electron chi connectivity index (χ4n) is 3.10. The van der Waals surface area contributed by atoms with Gasteiger partial charge in [0.15, 0.2) is 0 Å². The number of anilines is 3. The van der Waals surface area contributed by atoms with E-state index in [-0.39, 0.29) is 18.3 Å². The fourth-order valence-corrected chi connectivity index (χ4v) is 4.24. The van der Waals surface area contributed by atoms with E-state index in [0.717, 1.165) is 27.7 Å². The zero-order valence-corrected chi connectivity index (χ0v) is 16.8. The molecule has 0 radical (unpaired) electrons. The second kappa shape index (κ2) is 7.98. The molecule has 1 amide bonds. The van der Waals surface area contributed by atoms with E-state index in [1.807, 2.05) is 37.3 Å². The third-order valence-corrected chi connectivity index (χ3v) is 5.68. The Hall–Kier alpha value is -3.30. The Labute approximate surface area is 173 Å². The summed E-state index contributed by atoms with van der Waals surface area (Å²) >= 11 is 1.38. The number of pyridine rings is 1. The molecular formula is C23H18FN3OS. The third-order valence-electron chi connectivity index (χ3n) is 4.58. The topological polar surface area (TPSA) is 45.2 Å². The highest BCUT2D eigenvalue weighted by Gasteiger charge is 2.27. The number of aromatic nitrogens is 1. The summed E-state index contributed by atoms with van der Waals surface area (Å²) in [5.74, 6) is 6.02. The second-order valence-electron chi connectivity index (χ2n) is 6.54. The largest absolute Gasteiger partial charge is 0.340 e. The number of rotatable bonds is 3. The lowest BCUT2D eigenvalue weighted by molar-refractivity contribution is 0.0987. The van der Waals surface area contributed by atoms with Crippen molar-refractivity contribution < 1.29 is 9.18 Å². The van der Waals surface area contributed by atoms with E-state index in [1.54, 1.807) is 18.0 Å². The van der Waals surface area contributed by atoms with E-state index in [4.69, 9.17) is 0 Å². The molecule has 4 rings (SSSR count). The van der Waals surface area contributed by atoms with Crippen LogP contribution in [0.15, 0.2) is 64.5 Å². The van der Waals surface area contributed by atoms with Gasteiger partial charge in [-0.25, -0.2) is 9.37 Å². The average Bonchev–Trinajstić information content (AvgIpc) is 2.81. The van der Waals surface area contributed by atoms with Crippen molar-refractivity contribution >= 4 is 34.9 Å². The number of halogens is 1. The summed E-state index contributed by atoms with van der Waals surface area (Å²) in [6, 6.07) is 13.9. The molecule has 0 unspecified atom stereocenters. The second-order valence-corrected chi connectivity index (χ2v) is 7.62. The molecule has 0 aliphatic carbocycles. The Bertz CT molecular complexity index is 1170. The molecule has 1 aliphatic heterocycles. The van der Waals surface area contributed by atoms with Crippen molar-refractivity contribution in [3.63, 3.8) is 0 Å². The van der Waals surface area contributed by atoms with Crippen LogP contribution in [0.4, 0.5) is 21.6 Å². The van der Waals surface area contributed by atoms with Gasteiger partial charge in [0.25, 0.3) is 5.91 Å². The summed E-state index contributed by atoms with van der Waals surface area (Å²) in [6.07, 6.45) is 1.73. The zero-order valence-electron chi connectivity index (χ0n) is 16.0. The van der Waals surface area contributed by atoms with E-state index in [9.17, 15) is 9.18 Å². The van der Waals surface area contributed by atoms with E-state index < -0.39 is 0 Å². The maximum absolute atomic E-state index is 13.9. The average molecular weight is 403 g/mol. The van der Waals surface area contributed by atoms with Crippen LogP contribution in [0.25, 0.3) is 0 Å². The number of amides is 1. The van der Waals surface area contributed by atoms with E-state index in [0.29, 0.717) is 10.5 Å². The maximum Gasteiger partial charge on any atom is 0.260 e. The van der Waals surface area contributed by atoms with E-state index >= 15 is 0 Å². The van der Waals surface area contributed by atoms with Gasteiger partial charge < -0.3 is 5.32 Å². The van der Waals surface area contributed by atoms with Gasteiger partial charge in [0.05, 0.1) is 17.8 Å².